The topological polar surface area (TPSA) is 145 Å². The third-order valence-electron chi connectivity index (χ3n) is 3.86. The molecule has 0 saturated carbocycles. The van der Waals surface area contributed by atoms with Crippen molar-refractivity contribution in [2.24, 2.45) is 11.7 Å². The highest BCUT2D eigenvalue weighted by molar-refractivity contribution is 5.97. The lowest BCUT2D eigenvalue weighted by Gasteiger charge is -2.29. The highest BCUT2D eigenvalue weighted by atomic mass is 16.5. The van der Waals surface area contributed by atoms with Gasteiger partial charge in [-0.2, -0.15) is 0 Å². The molecule has 28 heavy (non-hydrogen) atoms. The predicted molar refractivity (Wildman–Crippen MR) is 103 cm³/mol. The molecule has 0 fully saturated rings. The van der Waals surface area contributed by atoms with Gasteiger partial charge in [0.25, 0.3) is 11.8 Å². The van der Waals surface area contributed by atoms with Gasteiger partial charge in [-0.3, -0.25) is 14.8 Å². The minimum atomic E-state index is -1.13. The van der Waals surface area contributed by atoms with E-state index >= 15 is 0 Å². The van der Waals surface area contributed by atoms with Gasteiger partial charge in [0.05, 0.1) is 0 Å². The summed E-state index contributed by atoms with van der Waals surface area (Å²) in [6.07, 6.45) is -0.957. The molecule has 0 aliphatic rings. The van der Waals surface area contributed by atoms with Crippen LogP contribution in [0.25, 0.3) is 0 Å². The second-order valence-corrected chi connectivity index (χ2v) is 6.91. The van der Waals surface area contributed by atoms with Crippen molar-refractivity contribution in [3.63, 3.8) is 0 Å². The van der Waals surface area contributed by atoms with Gasteiger partial charge in [-0.1, -0.05) is 18.8 Å². The number of hydrogen-bond donors (Lipinski definition) is 6. The number of benzene rings is 1. The molecule has 8 nitrogen and oxygen atoms in total. The Balaban J connectivity index is 2.83. The Morgan fingerprint density at radius 2 is 1.82 bits per heavy atom. The third kappa shape index (κ3) is 7.03. The lowest BCUT2D eigenvalue weighted by Crippen LogP contribution is -2.61. The van der Waals surface area contributed by atoms with Crippen molar-refractivity contribution in [1.82, 2.24) is 10.8 Å². The van der Waals surface area contributed by atoms with Gasteiger partial charge < -0.3 is 21.3 Å². The summed E-state index contributed by atoms with van der Waals surface area (Å²) in [5, 5.41) is 29.8. The number of amides is 2. The fraction of sp³-hybridized carbons (Fsp3) is 0.400. The lowest BCUT2D eigenvalue weighted by atomic mass is 9.95. The van der Waals surface area contributed by atoms with E-state index in [-0.39, 0.29) is 18.1 Å². The van der Waals surface area contributed by atoms with Crippen LogP contribution < -0.4 is 16.5 Å². The number of aliphatic hydroxyl groups is 2. The Bertz CT molecular complexity index is 807. The molecule has 0 heterocycles. The molecule has 0 spiro atoms. The van der Waals surface area contributed by atoms with Crippen molar-refractivity contribution in [2.75, 3.05) is 6.61 Å². The Morgan fingerprint density at radius 3 is 2.32 bits per heavy atom. The van der Waals surface area contributed by atoms with Crippen molar-refractivity contribution < 1.29 is 25.0 Å². The molecular weight excluding hydrogens is 362 g/mol. The second-order valence-electron chi connectivity index (χ2n) is 6.91. The second kappa shape index (κ2) is 10.5. The summed E-state index contributed by atoms with van der Waals surface area (Å²) in [5.41, 5.74) is 7.15. The summed E-state index contributed by atoms with van der Waals surface area (Å²) in [7, 11) is 0. The molecule has 1 unspecified atom stereocenters. The molecule has 0 radical (unpaired) electrons. The zero-order chi connectivity index (χ0) is 21.3. The van der Waals surface area contributed by atoms with E-state index in [1.165, 1.54) is 17.6 Å². The zero-order valence-corrected chi connectivity index (χ0v) is 16.0. The Hall–Kier alpha value is -2.88. The summed E-state index contributed by atoms with van der Waals surface area (Å²) in [5.74, 6) is 8.68. The number of nitrogens with one attached hydrogen (secondary N) is 2. The number of nitrogens with two attached hydrogens (primary N) is 1. The zero-order valence-electron chi connectivity index (χ0n) is 16.0. The summed E-state index contributed by atoms with van der Waals surface area (Å²) in [6.45, 7) is 4.59. The van der Waals surface area contributed by atoms with Gasteiger partial charge in [-0.15, -0.1) is 0 Å². The van der Waals surface area contributed by atoms with Crippen LogP contribution in [-0.4, -0.2) is 51.5 Å². The van der Waals surface area contributed by atoms with E-state index < -0.39 is 29.5 Å². The van der Waals surface area contributed by atoms with Gasteiger partial charge in [-0.05, 0) is 50.0 Å². The number of carbonyl (C=O) groups excluding carboxylic acids is 2. The van der Waals surface area contributed by atoms with Crippen LogP contribution in [0, 0.1) is 29.6 Å². The van der Waals surface area contributed by atoms with Crippen LogP contribution in [0.2, 0.25) is 0 Å². The summed E-state index contributed by atoms with van der Waals surface area (Å²) >= 11 is 0. The van der Waals surface area contributed by atoms with E-state index in [1.54, 1.807) is 32.9 Å². The molecule has 0 saturated heterocycles. The summed E-state index contributed by atoms with van der Waals surface area (Å²) < 4.78 is 0. The van der Waals surface area contributed by atoms with Crippen LogP contribution in [0.15, 0.2) is 24.3 Å². The molecular formula is C20H25N3O5. The molecule has 0 aliphatic heterocycles. The molecule has 3 atom stereocenters. The standard InChI is InChI=1S/C20H25N3O5/c1-13(12-24)16(25)7-5-4-6-14-8-10-15(11-9-14)18(26)22-17(19(27)23-28)20(2,3)21/h8-11,13,16-17,24-25,28H,12,21H2,1-3H3,(H,22,26)(H,23,27)/t13-,16+,17?/m0/s1. The predicted octanol–water partition coefficient (Wildman–Crippen LogP) is -0.628. The largest absolute Gasteiger partial charge is 0.396 e. The highest BCUT2D eigenvalue weighted by Crippen LogP contribution is 2.09. The van der Waals surface area contributed by atoms with Crippen molar-refractivity contribution in [3.8, 4) is 23.7 Å². The molecule has 150 valence electrons. The monoisotopic (exact) mass is 387 g/mol. The molecule has 2 amide bonds. The van der Waals surface area contributed by atoms with Gasteiger partial charge in [0.1, 0.15) is 12.1 Å². The first kappa shape index (κ1) is 23.2. The molecule has 0 aliphatic carbocycles. The minimum Gasteiger partial charge on any atom is -0.396 e. The van der Waals surface area contributed by atoms with Crippen LogP contribution in [-0.2, 0) is 4.79 Å². The molecule has 1 aromatic rings. The van der Waals surface area contributed by atoms with Crippen molar-refractivity contribution in [1.29, 1.82) is 0 Å². The first-order chi connectivity index (χ1) is 13.1. The fourth-order valence-corrected chi connectivity index (χ4v) is 2.03. The number of aliphatic hydroxyl groups excluding tert-OH is 2. The van der Waals surface area contributed by atoms with Crippen molar-refractivity contribution in [3.05, 3.63) is 35.4 Å². The lowest BCUT2D eigenvalue weighted by molar-refractivity contribution is -0.132. The number of carbonyl (C=O) groups is 2. The van der Waals surface area contributed by atoms with E-state index in [4.69, 9.17) is 16.0 Å². The Labute approximate surface area is 164 Å². The number of rotatable bonds is 6. The van der Waals surface area contributed by atoms with Crippen LogP contribution >= 0.6 is 0 Å². The number of hydrogen-bond acceptors (Lipinski definition) is 6. The van der Waals surface area contributed by atoms with Gasteiger partial charge in [0.2, 0.25) is 0 Å². The van der Waals surface area contributed by atoms with Crippen LogP contribution in [0.4, 0.5) is 0 Å². The minimum absolute atomic E-state index is 0.172. The fourth-order valence-electron chi connectivity index (χ4n) is 2.03. The van der Waals surface area contributed by atoms with E-state index in [1.807, 2.05) is 0 Å². The van der Waals surface area contributed by atoms with Crippen molar-refractivity contribution >= 4 is 11.8 Å². The smallest absolute Gasteiger partial charge is 0.267 e. The van der Waals surface area contributed by atoms with Crippen LogP contribution in [0.3, 0.4) is 0 Å². The molecule has 1 rings (SSSR count). The average Bonchev–Trinajstić information content (AvgIpc) is 2.67. The average molecular weight is 387 g/mol. The first-order valence-electron chi connectivity index (χ1n) is 8.54. The highest BCUT2D eigenvalue weighted by Gasteiger charge is 2.33. The molecule has 7 N–H and O–H groups in total. The van der Waals surface area contributed by atoms with Crippen LogP contribution in [0.1, 0.15) is 36.7 Å². The molecule has 0 bridgehead atoms. The van der Waals surface area contributed by atoms with Gasteiger partial charge in [0, 0.05) is 29.2 Å². The Kier molecular flexibility index (Phi) is 8.65. The number of hydroxylamine groups is 1. The first-order valence-corrected chi connectivity index (χ1v) is 8.54. The molecule has 1 aromatic carbocycles. The maximum absolute atomic E-state index is 12.3. The third-order valence-corrected chi connectivity index (χ3v) is 3.86. The summed E-state index contributed by atoms with van der Waals surface area (Å²) in [6, 6.07) is 5.11. The SMILES string of the molecule is C[C@@H](CO)[C@H](O)C#CC#Cc1ccc(C(=O)NC(C(=O)NO)C(C)(C)N)cc1. The van der Waals surface area contributed by atoms with Gasteiger partial charge in [0.15, 0.2) is 0 Å². The van der Waals surface area contributed by atoms with E-state index in [0.29, 0.717) is 5.56 Å². The van der Waals surface area contributed by atoms with E-state index in [0.717, 1.165) is 0 Å². The maximum Gasteiger partial charge on any atom is 0.267 e. The van der Waals surface area contributed by atoms with Gasteiger partial charge in [-0.25, -0.2) is 5.48 Å². The normalized spacial score (nSPS) is 13.7. The van der Waals surface area contributed by atoms with Gasteiger partial charge >= 0.3 is 0 Å². The summed E-state index contributed by atoms with van der Waals surface area (Å²) in [4.78, 5) is 24.0. The maximum atomic E-state index is 12.3. The molecule has 0 aromatic heterocycles. The molecule has 8 heteroatoms. The van der Waals surface area contributed by atoms with Crippen LogP contribution in [0.5, 0.6) is 0 Å². The van der Waals surface area contributed by atoms with E-state index in [2.05, 4.69) is 29.0 Å². The van der Waals surface area contributed by atoms with E-state index in [9.17, 15) is 14.7 Å². The quantitative estimate of drug-likeness (QED) is 0.218. The Morgan fingerprint density at radius 1 is 1.21 bits per heavy atom. The van der Waals surface area contributed by atoms with Crippen molar-refractivity contribution in [2.45, 2.75) is 38.5 Å².